The molecule has 0 spiro atoms. The lowest BCUT2D eigenvalue weighted by Crippen LogP contribution is -2.55. The Morgan fingerprint density at radius 2 is 1.81 bits per heavy atom. The molecule has 0 saturated heterocycles. The van der Waals surface area contributed by atoms with Gasteiger partial charge in [-0.2, -0.15) is 5.90 Å². The molecule has 14 nitrogen and oxygen atoms in total. The third-order valence-corrected chi connectivity index (χ3v) is 2.60. The van der Waals surface area contributed by atoms with Gasteiger partial charge in [0.2, 0.25) is 17.6 Å². The molecule has 0 aromatic carbocycles. The van der Waals surface area contributed by atoms with Gasteiger partial charge in [0.05, 0.1) is 19.6 Å². The van der Waals surface area contributed by atoms with Crippen LogP contribution in [0.15, 0.2) is 12.5 Å². The van der Waals surface area contributed by atoms with Gasteiger partial charge in [-0.25, -0.2) is 0 Å². The summed E-state index contributed by atoms with van der Waals surface area (Å²) in [6.07, 6.45) is -1.37. The molecule has 0 aliphatic carbocycles. The minimum absolute atomic E-state index is 0.118. The molecule has 0 saturated carbocycles. The molecule has 14 heteroatoms. The van der Waals surface area contributed by atoms with Crippen LogP contribution in [0.3, 0.4) is 0 Å². The third kappa shape index (κ3) is 10.3. The maximum Gasteiger partial charge on any atom is 0.317 e. The largest absolute Gasteiger partial charge is 0.480 e. The third-order valence-electron chi connectivity index (χ3n) is 2.60. The lowest BCUT2D eigenvalue weighted by molar-refractivity contribution is -0.200. The van der Waals surface area contributed by atoms with Gasteiger partial charge in [-0.3, -0.25) is 29.3 Å². The van der Waals surface area contributed by atoms with Crippen molar-refractivity contribution in [1.29, 1.82) is 0 Å². The Bertz CT molecular complexity index is 595. The molecule has 27 heavy (non-hydrogen) atoms. The second-order valence-corrected chi connectivity index (χ2v) is 4.60. The van der Waals surface area contributed by atoms with Gasteiger partial charge in [-0.05, 0) is 6.58 Å². The summed E-state index contributed by atoms with van der Waals surface area (Å²) < 4.78 is 0. The molecule has 1 unspecified atom stereocenters. The molecule has 0 radical (unpaired) electrons. The van der Waals surface area contributed by atoms with Gasteiger partial charge in [0, 0.05) is 0 Å². The van der Waals surface area contributed by atoms with Crippen molar-refractivity contribution in [2.45, 2.75) is 6.17 Å². The summed E-state index contributed by atoms with van der Waals surface area (Å²) >= 11 is 0. The van der Waals surface area contributed by atoms with Crippen molar-refractivity contribution in [3.8, 4) is 0 Å². The zero-order chi connectivity index (χ0) is 20.8. The SMILES string of the molecule is C=C(ON)ON(CC(=O)NCC(=O)NCC=O)C(NCC(=O)O)C(=O)C=O. The van der Waals surface area contributed by atoms with E-state index in [1.54, 1.807) is 0 Å². The standard InChI is InChI=1S/C13H19N5O9/c1-8(26-14)27-18(13(9(21)7-20)17-5-12(24)25)6-11(23)16-4-10(22)15-2-3-19/h3,7,13,17H,1-2,4-6,14H2,(H,15,22)(H,16,23)(H,24,25). The van der Waals surface area contributed by atoms with Crippen LogP contribution in [0, 0.1) is 0 Å². The molecule has 150 valence electrons. The number of hydroxylamine groups is 2. The van der Waals surface area contributed by atoms with Crippen molar-refractivity contribution in [2.24, 2.45) is 5.90 Å². The minimum atomic E-state index is -1.69. The maximum atomic E-state index is 11.9. The van der Waals surface area contributed by atoms with E-state index in [-0.39, 0.29) is 12.8 Å². The number of nitrogens with two attached hydrogens (primary N) is 1. The maximum absolute atomic E-state index is 11.9. The molecule has 0 rings (SSSR count). The summed E-state index contributed by atoms with van der Waals surface area (Å²) in [6, 6.07) is 0. The Balaban J connectivity index is 5.09. The van der Waals surface area contributed by atoms with Gasteiger partial charge in [0.15, 0.2) is 12.5 Å². The number of carboxylic acids is 1. The van der Waals surface area contributed by atoms with Crippen LogP contribution in [-0.4, -0.2) is 78.7 Å². The first-order valence-corrected chi connectivity index (χ1v) is 7.16. The van der Waals surface area contributed by atoms with E-state index < -0.39 is 55.3 Å². The van der Waals surface area contributed by atoms with Gasteiger partial charge in [-0.1, -0.05) is 0 Å². The topological polar surface area (TPSA) is 206 Å². The van der Waals surface area contributed by atoms with E-state index in [2.05, 4.69) is 27.4 Å². The fourth-order valence-corrected chi connectivity index (χ4v) is 1.52. The average Bonchev–Trinajstić information content (AvgIpc) is 2.63. The number of hydrogen-bond acceptors (Lipinski definition) is 11. The molecule has 0 bridgehead atoms. The summed E-state index contributed by atoms with van der Waals surface area (Å²) in [6.45, 7) is 0.964. The summed E-state index contributed by atoms with van der Waals surface area (Å²) in [4.78, 5) is 75.6. The number of aldehydes is 2. The average molecular weight is 389 g/mol. The highest BCUT2D eigenvalue weighted by Crippen LogP contribution is 2.05. The first-order valence-electron chi connectivity index (χ1n) is 7.16. The fraction of sp³-hybridized carbons (Fsp3) is 0.385. The van der Waals surface area contributed by atoms with E-state index in [4.69, 9.17) is 15.8 Å². The van der Waals surface area contributed by atoms with Crippen LogP contribution >= 0.6 is 0 Å². The minimum Gasteiger partial charge on any atom is -0.480 e. The summed E-state index contributed by atoms with van der Waals surface area (Å²) in [5.74, 6) is 0.198. The summed E-state index contributed by atoms with van der Waals surface area (Å²) in [5.41, 5.74) is 0. The molecule has 1 atom stereocenters. The van der Waals surface area contributed by atoms with E-state index >= 15 is 0 Å². The monoisotopic (exact) mass is 389 g/mol. The number of Topliss-reactive ketones (excluding diaryl/α,β-unsaturated/α-hetero) is 1. The van der Waals surface area contributed by atoms with Crippen molar-refractivity contribution in [2.75, 3.05) is 26.2 Å². The number of ketones is 1. The molecule has 6 N–H and O–H groups in total. The Labute approximate surface area is 152 Å². The van der Waals surface area contributed by atoms with Crippen LogP contribution in [0.25, 0.3) is 0 Å². The first-order chi connectivity index (χ1) is 12.7. The van der Waals surface area contributed by atoms with Crippen LogP contribution in [0.4, 0.5) is 0 Å². The molecule has 0 fully saturated rings. The van der Waals surface area contributed by atoms with E-state index in [0.29, 0.717) is 11.3 Å². The second kappa shape index (κ2) is 12.9. The Morgan fingerprint density at radius 1 is 1.15 bits per heavy atom. The van der Waals surface area contributed by atoms with Crippen LogP contribution < -0.4 is 21.8 Å². The van der Waals surface area contributed by atoms with Gasteiger partial charge in [0.1, 0.15) is 12.8 Å². The number of aliphatic carboxylic acids is 1. The number of nitrogens with one attached hydrogen (secondary N) is 3. The number of carboxylic acid groups (broad SMARTS) is 1. The zero-order valence-electron chi connectivity index (χ0n) is 14.0. The fourth-order valence-electron chi connectivity index (χ4n) is 1.52. The molecule has 0 aliphatic rings. The number of carbonyl (C=O) groups is 6. The van der Waals surface area contributed by atoms with Gasteiger partial charge >= 0.3 is 11.9 Å². The van der Waals surface area contributed by atoms with Gasteiger partial charge in [0.25, 0.3) is 0 Å². The zero-order valence-corrected chi connectivity index (χ0v) is 14.0. The second-order valence-electron chi connectivity index (χ2n) is 4.60. The Hall–Kier alpha value is -3.36. The van der Waals surface area contributed by atoms with E-state index in [9.17, 15) is 28.8 Å². The summed E-state index contributed by atoms with van der Waals surface area (Å²) in [5, 5.41) is 15.7. The van der Waals surface area contributed by atoms with Gasteiger partial charge < -0.3 is 30.2 Å². The van der Waals surface area contributed by atoms with Gasteiger partial charge in [-0.15, -0.1) is 5.06 Å². The first kappa shape index (κ1) is 23.6. The highest BCUT2D eigenvalue weighted by molar-refractivity contribution is 6.27. The quantitative estimate of drug-likeness (QED) is 0.0594. The van der Waals surface area contributed by atoms with Crippen molar-refractivity contribution in [3.63, 3.8) is 0 Å². The number of rotatable bonds is 15. The molecule has 2 amide bonds. The van der Waals surface area contributed by atoms with E-state index in [1.165, 1.54) is 0 Å². The molecular weight excluding hydrogens is 370 g/mol. The summed E-state index contributed by atoms with van der Waals surface area (Å²) in [7, 11) is 0. The highest BCUT2D eigenvalue weighted by atomic mass is 16.8. The van der Waals surface area contributed by atoms with Crippen molar-refractivity contribution in [1.82, 2.24) is 21.0 Å². The smallest absolute Gasteiger partial charge is 0.317 e. The normalized spacial score (nSPS) is 11.0. The number of hydrogen-bond donors (Lipinski definition) is 5. The molecule has 0 heterocycles. The van der Waals surface area contributed by atoms with Crippen LogP contribution in [0.2, 0.25) is 0 Å². The van der Waals surface area contributed by atoms with E-state index in [1.807, 2.05) is 0 Å². The highest BCUT2D eigenvalue weighted by Gasteiger charge is 2.30. The van der Waals surface area contributed by atoms with Crippen molar-refractivity contribution >= 4 is 36.1 Å². The van der Waals surface area contributed by atoms with Crippen LogP contribution in [-0.2, 0) is 38.4 Å². The number of carbonyl (C=O) groups excluding carboxylic acids is 5. The van der Waals surface area contributed by atoms with Crippen LogP contribution in [0.5, 0.6) is 0 Å². The van der Waals surface area contributed by atoms with E-state index in [0.717, 1.165) is 0 Å². The predicted molar refractivity (Wildman–Crippen MR) is 84.8 cm³/mol. The lowest BCUT2D eigenvalue weighted by Gasteiger charge is -2.28. The Morgan fingerprint density at radius 3 is 2.33 bits per heavy atom. The molecule has 0 aromatic heterocycles. The molecule has 0 aliphatic heterocycles. The van der Waals surface area contributed by atoms with Crippen molar-refractivity contribution < 1.29 is 43.5 Å². The molecular formula is C13H19N5O9. The van der Waals surface area contributed by atoms with Crippen LogP contribution in [0.1, 0.15) is 0 Å². The Kier molecular flexibility index (Phi) is 11.3. The van der Waals surface area contributed by atoms with Crippen molar-refractivity contribution in [3.05, 3.63) is 12.5 Å². The predicted octanol–water partition coefficient (Wildman–Crippen LogP) is -4.22. The lowest BCUT2D eigenvalue weighted by atomic mass is 10.3. The molecule has 0 aromatic rings. The number of amides is 2. The number of nitrogens with zero attached hydrogens (tertiary/aromatic N) is 1.